The van der Waals surface area contributed by atoms with E-state index in [2.05, 4.69) is 33.5 Å². The Morgan fingerprint density at radius 2 is 1.96 bits per heavy atom. The number of para-hydroxylation sites is 1. The number of pyridine rings is 1. The molecule has 0 spiro atoms. The molecule has 0 amide bonds. The summed E-state index contributed by atoms with van der Waals surface area (Å²) in [6.07, 6.45) is 7.83. The first-order valence-corrected chi connectivity index (χ1v) is 9.52. The molecule has 1 atom stereocenters. The number of rotatable bonds is 8. The van der Waals surface area contributed by atoms with Crippen molar-refractivity contribution in [3.05, 3.63) is 67.5 Å². The third kappa shape index (κ3) is 5.66. The molecule has 5 nitrogen and oxygen atoms in total. The zero-order valence-corrected chi connectivity index (χ0v) is 15.7. The third-order valence-electron chi connectivity index (χ3n) is 4.87. The lowest BCUT2D eigenvalue weighted by Crippen LogP contribution is -2.53. The predicted octanol–water partition coefficient (Wildman–Crippen LogP) is 3.53. The molecule has 1 aliphatic heterocycles. The molecule has 27 heavy (non-hydrogen) atoms. The molecule has 1 saturated heterocycles. The number of piperazine rings is 1. The van der Waals surface area contributed by atoms with Crippen LogP contribution >= 0.6 is 0 Å². The Bertz CT molecular complexity index is 721. The number of nitrogens with zero attached hydrogens (tertiary/aromatic N) is 3. The van der Waals surface area contributed by atoms with Crippen LogP contribution in [0.4, 0.5) is 5.69 Å². The quantitative estimate of drug-likeness (QED) is 0.407. The molecule has 0 aliphatic carbocycles. The number of anilines is 1. The molecule has 142 valence electrons. The van der Waals surface area contributed by atoms with Gasteiger partial charge in [0.25, 0.3) is 0 Å². The molecule has 1 unspecified atom stereocenters. The molecule has 1 aromatic heterocycles. The van der Waals surface area contributed by atoms with Gasteiger partial charge in [-0.3, -0.25) is 14.7 Å². The Kier molecular flexibility index (Phi) is 6.99. The highest BCUT2D eigenvalue weighted by molar-refractivity contribution is 5.72. The van der Waals surface area contributed by atoms with Crippen molar-refractivity contribution in [2.24, 2.45) is 0 Å². The van der Waals surface area contributed by atoms with E-state index in [1.54, 1.807) is 12.1 Å². The second kappa shape index (κ2) is 9.88. The summed E-state index contributed by atoms with van der Waals surface area (Å²) in [5.74, 6) is 0.440. The average Bonchev–Trinajstić information content (AvgIpc) is 2.71. The molecule has 1 aromatic carbocycles. The van der Waals surface area contributed by atoms with Crippen LogP contribution in [0.2, 0.25) is 0 Å². The van der Waals surface area contributed by atoms with Crippen molar-refractivity contribution in [3.63, 3.8) is 0 Å². The van der Waals surface area contributed by atoms with Gasteiger partial charge >= 0.3 is 5.97 Å². The molecule has 1 fully saturated rings. The lowest BCUT2D eigenvalue weighted by Gasteiger charge is -2.42. The van der Waals surface area contributed by atoms with Crippen LogP contribution in [0.3, 0.4) is 0 Å². The zero-order chi connectivity index (χ0) is 18.9. The van der Waals surface area contributed by atoms with Crippen molar-refractivity contribution < 1.29 is 9.53 Å². The lowest BCUT2D eigenvalue weighted by atomic mass is 10.1. The first-order chi connectivity index (χ1) is 13.3. The van der Waals surface area contributed by atoms with Gasteiger partial charge in [-0.25, -0.2) is 0 Å². The minimum atomic E-state index is -0.170. The van der Waals surface area contributed by atoms with Crippen molar-refractivity contribution in [2.45, 2.75) is 25.3 Å². The summed E-state index contributed by atoms with van der Waals surface area (Å²) >= 11 is 0. The highest BCUT2D eigenvalue weighted by atomic mass is 16.5. The van der Waals surface area contributed by atoms with E-state index in [1.165, 1.54) is 5.69 Å². The van der Waals surface area contributed by atoms with E-state index < -0.39 is 0 Å². The third-order valence-corrected chi connectivity index (χ3v) is 4.87. The van der Waals surface area contributed by atoms with Crippen molar-refractivity contribution >= 4 is 11.7 Å². The topological polar surface area (TPSA) is 45.7 Å². The SMILES string of the molecule is C=CCC1CN(c2ccncc2)CCN1CCCC(=O)Oc1ccccc1. The van der Waals surface area contributed by atoms with Gasteiger partial charge in [0.1, 0.15) is 5.75 Å². The Labute approximate surface area is 161 Å². The van der Waals surface area contributed by atoms with Crippen molar-refractivity contribution in [1.29, 1.82) is 0 Å². The fourth-order valence-electron chi connectivity index (χ4n) is 3.49. The molecule has 0 radical (unpaired) electrons. The fraction of sp³-hybridized carbons (Fsp3) is 0.364. The predicted molar refractivity (Wildman–Crippen MR) is 108 cm³/mol. The lowest BCUT2D eigenvalue weighted by molar-refractivity contribution is -0.134. The number of ether oxygens (including phenoxy) is 1. The van der Waals surface area contributed by atoms with Gasteiger partial charge in [-0.05, 0) is 43.7 Å². The summed E-state index contributed by atoms with van der Waals surface area (Å²) in [6, 6.07) is 13.8. The van der Waals surface area contributed by atoms with Crippen molar-refractivity contribution in [2.75, 3.05) is 31.1 Å². The Hall–Kier alpha value is -2.66. The van der Waals surface area contributed by atoms with Crippen LogP contribution < -0.4 is 9.64 Å². The maximum Gasteiger partial charge on any atom is 0.311 e. The minimum absolute atomic E-state index is 0.170. The maximum absolute atomic E-state index is 12.0. The standard InChI is InChI=1S/C22H27N3O2/c1-2-7-20-18-25(19-11-13-23-14-12-19)17-16-24(20)15-6-10-22(26)27-21-8-4-3-5-9-21/h2-5,8-9,11-14,20H,1,6-7,10,15-18H2. The van der Waals surface area contributed by atoms with E-state index in [9.17, 15) is 4.79 Å². The maximum atomic E-state index is 12.0. The molecule has 3 rings (SSSR count). The van der Waals surface area contributed by atoms with Crippen molar-refractivity contribution in [3.8, 4) is 5.75 Å². The number of hydrogen-bond acceptors (Lipinski definition) is 5. The molecule has 1 aliphatic rings. The second-order valence-electron chi connectivity index (χ2n) is 6.76. The number of carbonyl (C=O) groups excluding carboxylic acids is 1. The molecule has 0 saturated carbocycles. The number of benzene rings is 1. The first kappa shape index (κ1) is 19.1. The number of aromatic nitrogens is 1. The van der Waals surface area contributed by atoms with E-state index in [1.807, 2.05) is 36.7 Å². The molecule has 2 heterocycles. The summed E-state index contributed by atoms with van der Waals surface area (Å²) in [5, 5.41) is 0. The van der Waals surface area contributed by atoms with E-state index in [4.69, 9.17) is 4.74 Å². The van der Waals surface area contributed by atoms with Gasteiger partial charge in [-0.15, -0.1) is 6.58 Å². The molecule has 2 aromatic rings. The summed E-state index contributed by atoms with van der Waals surface area (Å²) in [6.45, 7) is 7.73. The van der Waals surface area contributed by atoms with Gasteiger partial charge in [0.05, 0.1) is 0 Å². The molecular weight excluding hydrogens is 338 g/mol. The van der Waals surface area contributed by atoms with Gasteiger partial charge in [0.2, 0.25) is 0 Å². The molecule has 5 heteroatoms. The van der Waals surface area contributed by atoms with Gasteiger partial charge < -0.3 is 9.64 Å². The minimum Gasteiger partial charge on any atom is -0.427 e. The van der Waals surface area contributed by atoms with Crippen LogP contribution in [0.25, 0.3) is 0 Å². The monoisotopic (exact) mass is 365 g/mol. The van der Waals surface area contributed by atoms with Gasteiger partial charge in [0, 0.05) is 50.2 Å². The van der Waals surface area contributed by atoms with Crippen LogP contribution in [-0.2, 0) is 4.79 Å². The number of carbonyl (C=O) groups is 1. The smallest absolute Gasteiger partial charge is 0.311 e. The highest BCUT2D eigenvalue weighted by Crippen LogP contribution is 2.20. The Balaban J connectivity index is 1.47. The molecule has 0 bridgehead atoms. The summed E-state index contributed by atoms with van der Waals surface area (Å²) in [4.78, 5) is 21.0. The van der Waals surface area contributed by atoms with E-state index >= 15 is 0 Å². The molecule has 0 N–H and O–H groups in total. The average molecular weight is 365 g/mol. The van der Waals surface area contributed by atoms with E-state index in [0.29, 0.717) is 18.2 Å². The molecular formula is C22H27N3O2. The number of esters is 1. The second-order valence-corrected chi connectivity index (χ2v) is 6.76. The normalized spacial score (nSPS) is 17.5. The Morgan fingerprint density at radius 3 is 2.70 bits per heavy atom. The first-order valence-electron chi connectivity index (χ1n) is 9.52. The summed E-state index contributed by atoms with van der Waals surface area (Å²) in [5.41, 5.74) is 1.21. The van der Waals surface area contributed by atoms with Gasteiger partial charge in [-0.1, -0.05) is 24.3 Å². The van der Waals surface area contributed by atoms with E-state index in [-0.39, 0.29) is 5.97 Å². The van der Waals surface area contributed by atoms with Gasteiger partial charge in [0.15, 0.2) is 0 Å². The summed E-state index contributed by atoms with van der Waals surface area (Å²) in [7, 11) is 0. The largest absolute Gasteiger partial charge is 0.427 e. The highest BCUT2D eigenvalue weighted by Gasteiger charge is 2.26. The zero-order valence-electron chi connectivity index (χ0n) is 15.7. The summed E-state index contributed by atoms with van der Waals surface area (Å²) < 4.78 is 5.37. The van der Waals surface area contributed by atoms with Crippen molar-refractivity contribution in [1.82, 2.24) is 9.88 Å². The fourth-order valence-corrected chi connectivity index (χ4v) is 3.49. The van der Waals surface area contributed by atoms with Gasteiger partial charge in [-0.2, -0.15) is 0 Å². The van der Waals surface area contributed by atoms with Crippen LogP contribution in [0.5, 0.6) is 5.75 Å². The van der Waals surface area contributed by atoms with Crippen LogP contribution in [0.1, 0.15) is 19.3 Å². The number of hydrogen-bond donors (Lipinski definition) is 0. The van der Waals surface area contributed by atoms with E-state index in [0.717, 1.165) is 39.0 Å². The van der Waals surface area contributed by atoms with Crippen LogP contribution in [0, 0.1) is 0 Å². The van der Waals surface area contributed by atoms with Crippen LogP contribution in [0.15, 0.2) is 67.5 Å². The Morgan fingerprint density at radius 1 is 1.19 bits per heavy atom. The van der Waals surface area contributed by atoms with Crippen LogP contribution in [-0.4, -0.2) is 48.1 Å².